The Morgan fingerprint density at radius 2 is 1.12 bits per heavy atom. The van der Waals surface area contributed by atoms with Crippen LogP contribution in [0.2, 0.25) is 0 Å². The van der Waals surface area contributed by atoms with Crippen molar-refractivity contribution in [2.75, 3.05) is 20.4 Å². The van der Waals surface area contributed by atoms with Gasteiger partial charge >= 0.3 is 0 Å². The Morgan fingerprint density at radius 3 is 1.62 bits per heavy atom. The zero-order valence-corrected chi connectivity index (χ0v) is 19.0. The largest absolute Gasteiger partial charge is 0.497 e. The van der Waals surface area contributed by atoms with E-state index < -0.39 is 13.9 Å². The van der Waals surface area contributed by atoms with Crippen LogP contribution in [0.5, 0.6) is 11.5 Å². The van der Waals surface area contributed by atoms with Crippen molar-refractivity contribution in [2.24, 2.45) is 0 Å². The van der Waals surface area contributed by atoms with E-state index in [2.05, 4.69) is 84.9 Å². The molecule has 32 heavy (non-hydrogen) atoms. The molecule has 2 nitrogen and oxygen atoms in total. The van der Waals surface area contributed by atoms with E-state index in [0.717, 1.165) is 11.9 Å². The molecule has 0 aliphatic carbocycles. The summed E-state index contributed by atoms with van der Waals surface area (Å²) in [5.41, 5.74) is 1.25. The summed E-state index contributed by atoms with van der Waals surface area (Å²) < 4.78 is 23.4. The maximum Gasteiger partial charge on any atom is 0.123 e. The molecule has 4 rings (SSSR count). The Morgan fingerprint density at radius 1 is 0.625 bits per heavy atom. The minimum Gasteiger partial charge on any atom is -0.497 e. The summed E-state index contributed by atoms with van der Waals surface area (Å²) in [6, 6.07) is 38.0. The molecular weight excluding hydrogens is 418 g/mol. The lowest BCUT2D eigenvalue weighted by Gasteiger charge is -2.28. The van der Waals surface area contributed by atoms with Gasteiger partial charge in [0.1, 0.15) is 48.0 Å². The van der Waals surface area contributed by atoms with Gasteiger partial charge in [-0.3, -0.25) is 0 Å². The second-order valence-electron chi connectivity index (χ2n) is 7.52. The van der Waals surface area contributed by atoms with Crippen LogP contribution in [0.25, 0.3) is 0 Å². The number of halogens is 1. The first-order valence-electron chi connectivity index (χ1n) is 10.7. The van der Waals surface area contributed by atoms with E-state index in [1.807, 2.05) is 24.3 Å². The number of methoxy groups -OCH3 is 1. The van der Waals surface area contributed by atoms with E-state index in [-0.39, 0.29) is 6.61 Å². The summed E-state index contributed by atoms with van der Waals surface area (Å²) in [4.78, 5) is 0. The lowest BCUT2D eigenvalue weighted by Crippen LogP contribution is -2.32. The Bertz CT molecular complexity index is 1060. The molecule has 0 aliphatic heterocycles. The van der Waals surface area contributed by atoms with E-state index >= 15 is 0 Å². The zero-order valence-electron chi connectivity index (χ0n) is 18.2. The van der Waals surface area contributed by atoms with Crippen molar-refractivity contribution in [3.63, 3.8) is 0 Å². The number of hydrogen-bond acceptors (Lipinski definition) is 2. The van der Waals surface area contributed by atoms with Crippen molar-refractivity contribution in [1.29, 1.82) is 0 Å². The van der Waals surface area contributed by atoms with Crippen LogP contribution in [0.3, 0.4) is 0 Å². The monoisotopic (exact) mass is 445 g/mol. The molecule has 0 bridgehead atoms. The fraction of sp³-hybridized carbons (Fsp3) is 0.143. The maximum absolute atomic E-state index is 12.6. The number of rotatable bonds is 9. The van der Waals surface area contributed by atoms with Gasteiger partial charge in [0.05, 0.1) is 13.3 Å². The van der Waals surface area contributed by atoms with Gasteiger partial charge in [-0.2, -0.15) is 0 Å². The van der Waals surface area contributed by atoms with Gasteiger partial charge in [-0.05, 0) is 66.2 Å². The molecule has 0 amide bonds. The molecule has 0 saturated carbocycles. The molecule has 0 atom stereocenters. The lowest BCUT2D eigenvalue weighted by molar-refractivity contribution is 0.273. The van der Waals surface area contributed by atoms with Gasteiger partial charge < -0.3 is 9.47 Å². The molecule has 0 aliphatic rings. The van der Waals surface area contributed by atoms with Crippen LogP contribution < -0.4 is 25.4 Å². The molecule has 4 heteroatoms. The number of hydrogen-bond donors (Lipinski definition) is 0. The quantitative estimate of drug-likeness (QED) is 0.315. The predicted molar refractivity (Wildman–Crippen MR) is 133 cm³/mol. The van der Waals surface area contributed by atoms with E-state index in [0.29, 0.717) is 5.75 Å². The van der Waals surface area contributed by atoms with Gasteiger partial charge in [-0.1, -0.05) is 48.5 Å². The van der Waals surface area contributed by atoms with Gasteiger partial charge in [0.15, 0.2) is 0 Å². The van der Waals surface area contributed by atoms with Crippen LogP contribution in [0, 0.1) is 0 Å². The molecule has 4 aromatic carbocycles. The van der Waals surface area contributed by atoms with E-state index in [4.69, 9.17) is 9.47 Å². The standard InChI is InChI=1S/C28H27FO2P/c1-30-24-14-12-23(13-15-24)22-32(26-8-4-2-5-9-26,27-10-6-3-7-11-27)28-18-16-25(17-19-28)31-21-20-29/h2-19H,20-22H2,1H3/q+1. The zero-order chi connectivity index (χ0) is 22.2. The highest BCUT2D eigenvalue weighted by Gasteiger charge is 2.45. The smallest absolute Gasteiger partial charge is 0.123 e. The third kappa shape index (κ3) is 4.69. The summed E-state index contributed by atoms with van der Waals surface area (Å²) in [5.74, 6) is 1.54. The fourth-order valence-corrected chi connectivity index (χ4v) is 8.27. The summed E-state index contributed by atoms with van der Waals surface area (Å²) in [6.07, 6.45) is 0.885. The van der Waals surface area contributed by atoms with Gasteiger partial charge in [0.2, 0.25) is 0 Å². The Labute approximate surface area is 190 Å². The first-order valence-corrected chi connectivity index (χ1v) is 12.7. The summed E-state index contributed by atoms with van der Waals surface area (Å²) >= 11 is 0. The normalized spacial score (nSPS) is 11.2. The van der Waals surface area contributed by atoms with Crippen LogP contribution >= 0.6 is 7.26 Å². The molecule has 162 valence electrons. The average Bonchev–Trinajstić information content (AvgIpc) is 2.88. The predicted octanol–water partition coefficient (Wildman–Crippen LogP) is 5.54. The molecular formula is C28H27FO2P+. The van der Waals surface area contributed by atoms with Crippen molar-refractivity contribution in [3.8, 4) is 11.5 Å². The topological polar surface area (TPSA) is 18.5 Å². The van der Waals surface area contributed by atoms with Crippen LogP contribution in [-0.2, 0) is 6.16 Å². The summed E-state index contributed by atoms with van der Waals surface area (Å²) in [6.45, 7) is -0.424. The van der Waals surface area contributed by atoms with Gasteiger partial charge in [0.25, 0.3) is 0 Å². The van der Waals surface area contributed by atoms with Gasteiger partial charge in [-0.15, -0.1) is 0 Å². The first-order chi connectivity index (χ1) is 15.8. The van der Waals surface area contributed by atoms with E-state index in [1.165, 1.54) is 21.5 Å². The molecule has 0 N–H and O–H groups in total. The Kier molecular flexibility index (Phi) is 7.19. The van der Waals surface area contributed by atoms with Crippen molar-refractivity contribution in [1.82, 2.24) is 0 Å². The molecule has 0 radical (unpaired) electrons. The van der Waals surface area contributed by atoms with Gasteiger partial charge in [0, 0.05) is 0 Å². The van der Waals surface area contributed by atoms with E-state index in [1.54, 1.807) is 7.11 Å². The molecule has 0 heterocycles. The molecule has 0 unspecified atom stereocenters. The SMILES string of the molecule is COc1ccc(C[P+](c2ccccc2)(c2ccccc2)c2ccc(OCCF)cc2)cc1. The minimum absolute atomic E-state index is 0.0723. The number of ether oxygens (including phenoxy) is 2. The molecule has 0 spiro atoms. The fourth-order valence-electron chi connectivity index (χ4n) is 4.04. The number of alkyl halides is 1. The first kappa shape index (κ1) is 22.0. The second kappa shape index (κ2) is 10.4. The third-order valence-electron chi connectivity index (χ3n) is 5.60. The lowest BCUT2D eigenvalue weighted by atomic mass is 10.2. The highest BCUT2D eigenvalue weighted by molar-refractivity contribution is 7.95. The van der Waals surface area contributed by atoms with E-state index in [9.17, 15) is 4.39 Å². The van der Waals surface area contributed by atoms with Crippen molar-refractivity contribution < 1.29 is 13.9 Å². The minimum atomic E-state index is -2.01. The second-order valence-corrected chi connectivity index (χ2v) is 11.0. The molecule has 0 saturated heterocycles. The average molecular weight is 445 g/mol. The van der Waals surface area contributed by atoms with Crippen molar-refractivity contribution in [3.05, 3.63) is 115 Å². The number of benzene rings is 4. The highest BCUT2D eigenvalue weighted by Crippen LogP contribution is 2.58. The molecule has 4 aromatic rings. The summed E-state index contributed by atoms with van der Waals surface area (Å²) in [7, 11) is -0.328. The van der Waals surface area contributed by atoms with Crippen molar-refractivity contribution >= 4 is 23.2 Å². The van der Waals surface area contributed by atoms with Gasteiger partial charge in [-0.25, -0.2) is 4.39 Å². The Balaban J connectivity index is 1.88. The molecule has 0 aromatic heterocycles. The highest BCUT2D eigenvalue weighted by atomic mass is 31.2. The summed E-state index contributed by atoms with van der Waals surface area (Å²) in [5, 5.41) is 3.90. The van der Waals surface area contributed by atoms with Crippen LogP contribution in [-0.4, -0.2) is 20.4 Å². The van der Waals surface area contributed by atoms with Crippen LogP contribution in [0.1, 0.15) is 5.56 Å². The third-order valence-corrected chi connectivity index (χ3v) is 9.97. The maximum atomic E-state index is 12.6. The Hall–Kier alpha value is -3.16. The van der Waals surface area contributed by atoms with Crippen molar-refractivity contribution in [2.45, 2.75) is 6.16 Å². The van der Waals surface area contributed by atoms with Crippen LogP contribution in [0.4, 0.5) is 4.39 Å². The van der Waals surface area contributed by atoms with Crippen LogP contribution in [0.15, 0.2) is 109 Å². The molecule has 0 fully saturated rings.